The van der Waals surface area contributed by atoms with Crippen molar-refractivity contribution in [3.63, 3.8) is 0 Å². The average molecular weight is 388 g/mol. The van der Waals surface area contributed by atoms with Crippen molar-refractivity contribution in [1.82, 2.24) is 19.7 Å². The Morgan fingerprint density at radius 2 is 1.93 bits per heavy atom. The molecule has 1 saturated carbocycles. The van der Waals surface area contributed by atoms with E-state index in [2.05, 4.69) is 21.1 Å². The first kappa shape index (κ1) is 19.1. The Labute approximate surface area is 170 Å². The number of hydrogen-bond donors (Lipinski definition) is 1. The zero-order valence-corrected chi connectivity index (χ0v) is 16.5. The molecule has 7 heteroatoms. The maximum atomic E-state index is 9.32. The molecule has 2 heterocycles. The van der Waals surface area contributed by atoms with Crippen molar-refractivity contribution in [2.24, 2.45) is 5.73 Å². The third-order valence-corrected chi connectivity index (χ3v) is 5.33. The zero-order valence-electron chi connectivity index (χ0n) is 16.5. The van der Waals surface area contributed by atoms with Gasteiger partial charge in [-0.1, -0.05) is 19.3 Å². The number of aryl methyl sites for hydroxylation is 1. The Morgan fingerprint density at radius 1 is 1.17 bits per heavy atom. The van der Waals surface area contributed by atoms with Crippen LogP contribution in [0, 0.1) is 18.3 Å². The lowest BCUT2D eigenvalue weighted by molar-refractivity contribution is 0.328. The van der Waals surface area contributed by atoms with Gasteiger partial charge in [0.15, 0.2) is 11.6 Å². The molecular formula is C22H24N6O. The second-order valence-electron chi connectivity index (χ2n) is 7.39. The Hall–Kier alpha value is -3.24. The van der Waals surface area contributed by atoms with E-state index in [0.29, 0.717) is 35.5 Å². The Balaban J connectivity index is 1.67. The van der Waals surface area contributed by atoms with Gasteiger partial charge in [-0.15, -0.1) is 0 Å². The summed E-state index contributed by atoms with van der Waals surface area (Å²) in [6.45, 7) is 2.32. The molecule has 4 rings (SSSR count). The fraction of sp³-hybridized carbons (Fsp3) is 0.364. The number of nitrogens with zero attached hydrogens (tertiary/aromatic N) is 5. The van der Waals surface area contributed by atoms with Gasteiger partial charge in [-0.3, -0.25) is 4.68 Å². The molecule has 1 aliphatic carbocycles. The third-order valence-electron chi connectivity index (χ3n) is 5.33. The molecule has 148 valence electrons. The largest absolute Gasteiger partial charge is 0.453 e. The highest BCUT2D eigenvalue weighted by molar-refractivity contribution is 5.66. The van der Waals surface area contributed by atoms with Gasteiger partial charge in [0, 0.05) is 24.5 Å². The minimum atomic E-state index is 0.385. The minimum absolute atomic E-state index is 0.385. The summed E-state index contributed by atoms with van der Waals surface area (Å²) < 4.78 is 8.26. The summed E-state index contributed by atoms with van der Waals surface area (Å²) >= 11 is 0. The molecule has 0 atom stereocenters. The topological polar surface area (TPSA) is 103 Å². The highest BCUT2D eigenvalue weighted by Gasteiger charge is 2.19. The van der Waals surface area contributed by atoms with Gasteiger partial charge in [0.05, 0.1) is 29.4 Å². The van der Waals surface area contributed by atoms with Crippen LogP contribution < -0.4 is 10.5 Å². The lowest BCUT2D eigenvalue weighted by Gasteiger charge is -2.21. The molecule has 0 saturated heterocycles. The minimum Gasteiger partial charge on any atom is -0.453 e. The van der Waals surface area contributed by atoms with E-state index in [-0.39, 0.29) is 0 Å². The zero-order chi connectivity index (χ0) is 20.2. The van der Waals surface area contributed by atoms with Gasteiger partial charge < -0.3 is 10.5 Å². The number of rotatable bonds is 5. The molecule has 1 aromatic carbocycles. The molecule has 2 aromatic heterocycles. The summed E-state index contributed by atoms with van der Waals surface area (Å²) in [5.41, 5.74) is 8.55. The van der Waals surface area contributed by atoms with E-state index in [0.717, 1.165) is 29.7 Å². The van der Waals surface area contributed by atoms with Gasteiger partial charge >= 0.3 is 0 Å². The number of nitriles is 1. The van der Waals surface area contributed by atoms with E-state index < -0.39 is 0 Å². The van der Waals surface area contributed by atoms with Crippen molar-refractivity contribution < 1.29 is 4.74 Å². The first-order chi connectivity index (χ1) is 14.2. The van der Waals surface area contributed by atoms with Crippen LogP contribution in [0.2, 0.25) is 0 Å². The number of aromatic nitrogens is 4. The molecule has 1 aliphatic rings. The SMILES string of the molecule is Cc1nn(C2CCCCC2)cc1Oc1cc(C#N)ccc1-c1ncc(CN)cn1. The van der Waals surface area contributed by atoms with Crippen molar-refractivity contribution in [1.29, 1.82) is 5.26 Å². The predicted molar refractivity (Wildman–Crippen MR) is 109 cm³/mol. The van der Waals surface area contributed by atoms with Crippen molar-refractivity contribution in [2.45, 2.75) is 51.6 Å². The number of hydrogen-bond acceptors (Lipinski definition) is 6. The van der Waals surface area contributed by atoms with Crippen molar-refractivity contribution in [3.8, 4) is 29.0 Å². The second kappa shape index (κ2) is 8.41. The van der Waals surface area contributed by atoms with Crippen LogP contribution in [0.15, 0.2) is 36.8 Å². The predicted octanol–water partition coefficient (Wildman–Crippen LogP) is 4.28. The fourth-order valence-electron chi connectivity index (χ4n) is 3.68. The molecule has 0 unspecified atom stereocenters. The molecule has 3 aromatic rings. The highest BCUT2D eigenvalue weighted by atomic mass is 16.5. The van der Waals surface area contributed by atoms with Crippen LogP contribution in [-0.4, -0.2) is 19.7 Å². The van der Waals surface area contributed by atoms with E-state index in [9.17, 15) is 5.26 Å². The van der Waals surface area contributed by atoms with Crippen molar-refractivity contribution >= 4 is 0 Å². The van der Waals surface area contributed by atoms with Crippen LogP contribution in [0.4, 0.5) is 0 Å². The summed E-state index contributed by atoms with van der Waals surface area (Å²) in [4.78, 5) is 8.81. The first-order valence-electron chi connectivity index (χ1n) is 9.97. The first-order valence-corrected chi connectivity index (χ1v) is 9.97. The van der Waals surface area contributed by atoms with Gasteiger partial charge in [-0.25, -0.2) is 9.97 Å². The molecule has 0 bridgehead atoms. The molecule has 7 nitrogen and oxygen atoms in total. The number of ether oxygens (including phenoxy) is 1. The summed E-state index contributed by atoms with van der Waals surface area (Å²) in [7, 11) is 0. The lowest BCUT2D eigenvalue weighted by Crippen LogP contribution is -2.13. The van der Waals surface area contributed by atoms with E-state index in [1.54, 1.807) is 24.5 Å². The molecule has 0 amide bonds. The van der Waals surface area contributed by atoms with Gasteiger partial charge in [0.1, 0.15) is 11.4 Å². The number of nitrogens with two attached hydrogens (primary N) is 1. The van der Waals surface area contributed by atoms with Crippen LogP contribution in [0.5, 0.6) is 11.5 Å². The van der Waals surface area contributed by atoms with Gasteiger partial charge in [-0.05, 0) is 38.0 Å². The third kappa shape index (κ3) is 4.13. The van der Waals surface area contributed by atoms with Crippen LogP contribution in [0.3, 0.4) is 0 Å². The Morgan fingerprint density at radius 3 is 2.62 bits per heavy atom. The number of benzene rings is 1. The van der Waals surface area contributed by atoms with Crippen LogP contribution in [-0.2, 0) is 6.54 Å². The van der Waals surface area contributed by atoms with E-state index in [1.165, 1.54) is 19.3 Å². The molecule has 29 heavy (non-hydrogen) atoms. The maximum absolute atomic E-state index is 9.32. The standard InChI is InChI=1S/C22H24N6O/c1-15-21(14-28(27-15)18-5-3-2-4-6-18)29-20-9-16(10-23)7-8-19(20)22-25-12-17(11-24)13-26-22/h7-9,12-14,18H,2-6,11,24H2,1H3. The highest BCUT2D eigenvalue weighted by Crippen LogP contribution is 2.35. The van der Waals surface area contributed by atoms with Crippen molar-refractivity contribution in [2.75, 3.05) is 0 Å². The molecular weight excluding hydrogens is 364 g/mol. The normalized spacial score (nSPS) is 14.5. The fourth-order valence-corrected chi connectivity index (χ4v) is 3.68. The quantitative estimate of drug-likeness (QED) is 0.700. The molecule has 1 fully saturated rings. The van der Waals surface area contributed by atoms with Gasteiger partial charge in [0.2, 0.25) is 0 Å². The Kier molecular flexibility index (Phi) is 5.54. The molecule has 2 N–H and O–H groups in total. The lowest BCUT2D eigenvalue weighted by atomic mass is 9.96. The Bertz CT molecular complexity index is 1030. The second-order valence-corrected chi connectivity index (χ2v) is 7.39. The van der Waals surface area contributed by atoms with Gasteiger partial charge in [-0.2, -0.15) is 10.4 Å². The molecule has 0 aliphatic heterocycles. The monoisotopic (exact) mass is 388 g/mol. The van der Waals surface area contributed by atoms with Gasteiger partial charge in [0.25, 0.3) is 0 Å². The van der Waals surface area contributed by atoms with Crippen molar-refractivity contribution in [3.05, 3.63) is 53.6 Å². The van der Waals surface area contributed by atoms with E-state index in [4.69, 9.17) is 10.5 Å². The van der Waals surface area contributed by atoms with E-state index >= 15 is 0 Å². The van der Waals surface area contributed by atoms with Crippen LogP contribution >= 0.6 is 0 Å². The molecule has 0 radical (unpaired) electrons. The summed E-state index contributed by atoms with van der Waals surface area (Å²) in [5.74, 6) is 1.75. The maximum Gasteiger partial charge on any atom is 0.168 e. The average Bonchev–Trinajstić information content (AvgIpc) is 3.14. The summed E-state index contributed by atoms with van der Waals surface area (Å²) in [6.07, 6.45) is 11.5. The molecule has 0 spiro atoms. The van der Waals surface area contributed by atoms with Crippen LogP contribution in [0.25, 0.3) is 11.4 Å². The summed E-state index contributed by atoms with van der Waals surface area (Å²) in [5, 5.41) is 14.0. The summed E-state index contributed by atoms with van der Waals surface area (Å²) in [6, 6.07) is 7.85. The van der Waals surface area contributed by atoms with Crippen LogP contribution in [0.1, 0.15) is 55.0 Å². The van der Waals surface area contributed by atoms with E-state index in [1.807, 2.05) is 23.9 Å². The smallest absolute Gasteiger partial charge is 0.168 e.